The molecule has 2 heterocycles. The fraction of sp³-hybridized carbons (Fsp3) is 0.111. The summed E-state index contributed by atoms with van der Waals surface area (Å²) >= 11 is 0. The number of aromatic nitrogens is 2. The van der Waals surface area contributed by atoms with Gasteiger partial charge in [0.1, 0.15) is 0 Å². The van der Waals surface area contributed by atoms with Crippen LogP contribution in [0.2, 0.25) is 0 Å². The van der Waals surface area contributed by atoms with E-state index >= 15 is 0 Å². The first kappa shape index (κ1) is 12.5. The maximum absolute atomic E-state index is 4.49. The van der Waals surface area contributed by atoms with E-state index in [0.29, 0.717) is 0 Å². The fourth-order valence-electron chi connectivity index (χ4n) is 2.21. The molecule has 98 valence electrons. The minimum Gasteiger partial charge on any atom is -0.264 e. The zero-order valence-corrected chi connectivity index (χ0v) is 11.7. The van der Waals surface area contributed by atoms with Crippen LogP contribution in [0.25, 0.3) is 22.4 Å². The zero-order chi connectivity index (χ0) is 13.9. The maximum Gasteiger partial charge on any atom is 0.0702 e. The number of rotatable bonds is 2. The van der Waals surface area contributed by atoms with Crippen LogP contribution in [0.15, 0.2) is 61.1 Å². The van der Waals surface area contributed by atoms with Crippen LogP contribution in [-0.2, 0) is 0 Å². The van der Waals surface area contributed by atoms with Crippen molar-refractivity contribution in [3.05, 3.63) is 72.2 Å². The van der Waals surface area contributed by atoms with Gasteiger partial charge in [-0.05, 0) is 48.7 Å². The molecule has 0 fully saturated rings. The lowest BCUT2D eigenvalue weighted by molar-refractivity contribution is 1.26. The molecule has 2 heteroatoms. The average molecular weight is 260 g/mol. The number of hydrogen-bond donors (Lipinski definition) is 0. The maximum atomic E-state index is 4.49. The Morgan fingerprint density at radius 1 is 0.700 bits per heavy atom. The lowest BCUT2D eigenvalue weighted by Crippen LogP contribution is -1.86. The van der Waals surface area contributed by atoms with Crippen molar-refractivity contribution in [1.29, 1.82) is 0 Å². The third kappa shape index (κ3) is 2.59. The predicted molar refractivity (Wildman–Crippen MR) is 82.4 cm³/mol. The summed E-state index contributed by atoms with van der Waals surface area (Å²) in [7, 11) is 0. The van der Waals surface area contributed by atoms with Gasteiger partial charge in [-0.3, -0.25) is 9.97 Å². The number of pyridine rings is 2. The van der Waals surface area contributed by atoms with Crippen LogP contribution in [0, 0.1) is 13.8 Å². The Morgan fingerprint density at radius 2 is 1.55 bits per heavy atom. The second-order valence-electron chi connectivity index (χ2n) is 5.05. The van der Waals surface area contributed by atoms with Crippen molar-refractivity contribution in [3.63, 3.8) is 0 Å². The van der Waals surface area contributed by atoms with Crippen molar-refractivity contribution in [2.45, 2.75) is 13.8 Å². The van der Waals surface area contributed by atoms with Crippen molar-refractivity contribution in [2.75, 3.05) is 0 Å². The van der Waals surface area contributed by atoms with Crippen LogP contribution < -0.4 is 0 Å². The smallest absolute Gasteiger partial charge is 0.0702 e. The SMILES string of the molecule is Cc1ccc(-c2cccc(-c3cncc(C)c3)c2)nc1. The van der Waals surface area contributed by atoms with Gasteiger partial charge in [-0.1, -0.05) is 24.3 Å². The summed E-state index contributed by atoms with van der Waals surface area (Å²) < 4.78 is 0. The second-order valence-corrected chi connectivity index (χ2v) is 5.05. The van der Waals surface area contributed by atoms with Gasteiger partial charge in [0, 0.05) is 29.7 Å². The van der Waals surface area contributed by atoms with E-state index in [1.165, 1.54) is 16.7 Å². The number of aryl methyl sites for hydroxylation is 2. The lowest BCUT2D eigenvalue weighted by Gasteiger charge is -2.06. The number of hydrogen-bond acceptors (Lipinski definition) is 2. The van der Waals surface area contributed by atoms with Crippen molar-refractivity contribution >= 4 is 0 Å². The van der Waals surface area contributed by atoms with E-state index < -0.39 is 0 Å². The Bertz CT molecular complexity index is 730. The average Bonchev–Trinajstić information content (AvgIpc) is 2.48. The van der Waals surface area contributed by atoms with E-state index in [9.17, 15) is 0 Å². The molecule has 0 unspecified atom stereocenters. The van der Waals surface area contributed by atoms with E-state index in [1.54, 1.807) is 0 Å². The molecule has 0 bridgehead atoms. The highest BCUT2D eigenvalue weighted by Crippen LogP contribution is 2.25. The van der Waals surface area contributed by atoms with E-state index in [2.05, 4.69) is 59.4 Å². The van der Waals surface area contributed by atoms with Crippen LogP contribution in [0.5, 0.6) is 0 Å². The molecule has 3 rings (SSSR count). The van der Waals surface area contributed by atoms with E-state index in [-0.39, 0.29) is 0 Å². The molecule has 0 aliphatic heterocycles. The Labute approximate surface area is 119 Å². The van der Waals surface area contributed by atoms with Gasteiger partial charge in [0.25, 0.3) is 0 Å². The molecular formula is C18H16N2. The molecule has 0 radical (unpaired) electrons. The standard InChI is InChI=1S/C18H16N2/c1-13-6-7-18(20-11-13)16-5-3-4-15(9-16)17-8-14(2)10-19-12-17/h3-12H,1-2H3. The highest BCUT2D eigenvalue weighted by molar-refractivity contribution is 5.71. The first-order valence-electron chi connectivity index (χ1n) is 6.67. The van der Waals surface area contributed by atoms with Crippen LogP contribution in [-0.4, -0.2) is 9.97 Å². The van der Waals surface area contributed by atoms with Gasteiger partial charge in [-0.2, -0.15) is 0 Å². The summed E-state index contributed by atoms with van der Waals surface area (Å²) in [5.41, 5.74) is 6.77. The fourth-order valence-corrected chi connectivity index (χ4v) is 2.21. The molecule has 0 N–H and O–H groups in total. The van der Waals surface area contributed by atoms with E-state index in [4.69, 9.17) is 0 Å². The Morgan fingerprint density at radius 3 is 2.30 bits per heavy atom. The molecule has 0 spiro atoms. The Kier molecular flexibility index (Phi) is 3.30. The van der Waals surface area contributed by atoms with Crippen molar-refractivity contribution in [2.24, 2.45) is 0 Å². The van der Waals surface area contributed by atoms with Crippen molar-refractivity contribution in [3.8, 4) is 22.4 Å². The molecule has 0 atom stereocenters. The molecule has 3 aromatic rings. The quantitative estimate of drug-likeness (QED) is 0.681. The highest BCUT2D eigenvalue weighted by atomic mass is 14.7. The van der Waals surface area contributed by atoms with Crippen molar-refractivity contribution in [1.82, 2.24) is 9.97 Å². The summed E-state index contributed by atoms with van der Waals surface area (Å²) in [5.74, 6) is 0. The van der Waals surface area contributed by atoms with Crippen LogP contribution in [0.3, 0.4) is 0 Å². The lowest BCUT2D eigenvalue weighted by atomic mass is 10.0. The number of nitrogens with zero attached hydrogens (tertiary/aromatic N) is 2. The summed E-state index contributed by atoms with van der Waals surface area (Å²) in [4.78, 5) is 8.74. The topological polar surface area (TPSA) is 25.8 Å². The van der Waals surface area contributed by atoms with Crippen LogP contribution in [0.1, 0.15) is 11.1 Å². The van der Waals surface area contributed by atoms with Gasteiger partial charge in [0.2, 0.25) is 0 Å². The highest BCUT2D eigenvalue weighted by Gasteiger charge is 2.03. The van der Waals surface area contributed by atoms with Gasteiger partial charge in [-0.25, -0.2) is 0 Å². The summed E-state index contributed by atoms with van der Waals surface area (Å²) in [6.07, 6.45) is 5.67. The second kappa shape index (κ2) is 5.25. The Balaban J connectivity index is 2.03. The van der Waals surface area contributed by atoms with Gasteiger partial charge < -0.3 is 0 Å². The molecule has 2 aromatic heterocycles. The van der Waals surface area contributed by atoms with E-state index in [0.717, 1.165) is 16.8 Å². The van der Waals surface area contributed by atoms with E-state index in [1.807, 2.05) is 25.5 Å². The molecule has 2 nitrogen and oxygen atoms in total. The van der Waals surface area contributed by atoms with Gasteiger partial charge in [0.05, 0.1) is 5.69 Å². The third-order valence-corrected chi connectivity index (χ3v) is 3.28. The molecule has 0 aliphatic carbocycles. The van der Waals surface area contributed by atoms with Crippen molar-refractivity contribution < 1.29 is 0 Å². The molecular weight excluding hydrogens is 244 g/mol. The first-order valence-corrected chi connectivity index (χ1v) is 6.67. The molecule has 1 aromatic carbocycles. The summed E-state index contributed by atoms with van der Waals surface area (Å²) in [6.45, 7) is 4.10. The molecule has 0 saturated carbocycles. The largest absolute Gasteiger partial charge is 0.264 e. The molecule has 0 amide bonds. The van der Waals surface area contributed by atoms with Crippen LogP contribution in [0.4, 0.5) is 0 Å². The Hall–Kier alpha value is -2.48. The minimum atomic E-state index is 0.998. The van der Waals surface area contributed by atoms with Gasteiger partial charge in [-0.15, -0.1) is 0 Å². The molecule has 0 saturated heterocycles. The molecule has 0 aliphatic rings. The number of benzene rings is 1. The van der Waals surface area contributed by atoms with Gasteiger partial charge in [0.15, 0.2) is 0 Å². The minimum absolute atomic E-state index is 0.998. The predicted octanol–water partition coefficient (Wildman–Crippen LogP) is 4.43. The summed E-state index contributed by atoms with van der Waals surface area (Å²) in [5, 5.41) is 0. The van der Waals surface area contributed by atoms with Crippen LogP contribution >= 0.6 is 0 Å². The van der Waals surface area contributed by atoms with Gasteiger partial charge >= 0.3 is 0 Å². The molecule has 20 heavy (non-hydrogen) atoms. The normalized spacial score (nSPS) is 10.5. The summed E-state index contributed by atoms with van der Waals surface area (Å²) in [6, 6.07) is 14.7. The monoisotopic (exact) mass is 260 g/mol. The zero-order valence-electron chi connectivity index (χ0n) is 11.7. The first-order chi connectivity index (χ1) is 9.72. The third-order valence-electron chi connectivity index (χ3n) is 3.28.